The Labute approximate surface area is 149 Å². The van der Waals surface area contributed by atoms with Gasteiger partial charge in [-0.3, -0.25) is 10.3 Å². The normalized spacial score (nSPS) is 20.0. The summed E-state index contributed by atoms with van der Waals surface area (Å²) >= 11 is 3.47. The van der Waals surface area contributed by atoms with Crippen molar-refractivity contribution in [2.45, 2.75) is 19.1 Å². The van der Waals surface area contributed by atoms with Gasteiger partial charge in [-0.1, -0.05) is 6.07 Å². The molecule has 1 aliphatic heterocycles. The van der Waals surface area contributed by atoms with Crippen LogP contribution in [0.5, 0.6) is 0 Å². The third kappa shape index (κ3) is 2.66. The molecular formula is C18H18N4S2. The summed E-state index contributed by atoms with van der Waals surface area (Å²) in [7, 11) is 1.96. The summed E-state index contributed by atoms with van der Waals surface area (Å²) in [6.45, 7) is 2.14. The van der Waals surface area contributed by atoms with E-state index in [1.807, 2.05) is 19.3 Å². The Hall–Kier alpha value is -2.02. The first-order chi connectivity index (χ1) is 11.8. The summed E-state index contributed by atoms with van der Waals surface area (Å²) in [6.07, 6.45) is 1.82. The molecule has 2 N–H and O–H groups in total. The average Bonchev–Trinajstić information content (AvgIpc) is 3.24. The quantitative estimate of drug-likeness (QED) is 0.746. The van der Waals surface area contributed by atoms with E-state index in [2.05, 4.69) is 57.6 Å². The van der Waals surface area contributed by atoms with Crippen LogP contribution in [0.15, 0.2) is 52.3 Å². The molecule has 2 atom stereocenters. The van der Waals surface area contributed by atoms with Crippen LogP contribution in [-0.2, 0) is 0 Å². The number of anilines is 1. The maximum Gasteiger partial charge on any atom is 0.136 e. The van der Waals surface area contributed by atoms with Crippen LogP contribution < -0.4 is 10.6 Å². The van der Waals surface area contributed by atoms with Crippen LogP contribution in [0.1, 0.15) is 26.9 Å². The average molecular weight is 355 g/mol. The van der Waals surface area contributed by atoms with Crippen LogP contribution in [-0.4, -0.2) is 23.9 Å². The van der Waals surface area contributed by atoms with Crippen LogP contribution in [0, 0.1) is 6.92 Å². The van der Waals surface area contributed by atoms with Crippen molar-refractivity contribution in [3.63, 3.8) is 0 Å². The molecule has 0 aliphatic carbocycles. The van der Waals surface area contributed by atoms with E-state index in [9.17, 15) is 0 Å². The molecule has 122 valence electrons. The summed E-state index contributed by atoms with van der Waals surface area (Å²) < 4.78 is 0. The van der Waals surface area contributed by atoms with Gasteiger partial charge in [-0.25, -0.2) is 4.98 Å². The lowest BCUT2D eigenvalue weighted by atomic mass is 10.1. The molecule has 0 bridgehead atoms. The molecule has 4 nitrogen and oxygen atoms in total. The number of likely N-dealkylation sites (N-methyl/N-ethyl adjacent to an activating group) is 1. The summed E-state index contributed by atoms with van der Waals surface area (Å²) in [4.78, 5) is 12.2. The van der Waals surface area contributed by atoms with E-state index in [1.165, 1.54) is 15.3 Å². The zero-order chi connectivity index (χ0) is 16.5. The van der Waals surface area contributed by atoms with E-state index in [0.717, 1.165) is 17.1 Å². The predicted molar refractivity (Wildman–Crippen MR) is 102 cm³/mol. The third-order valence-corrected chi connectivity index (χ3v) is 6.13. The molecule has 0 spiro atoms. The van der Waals surface area contributed by atoms with Crippen LogP contribution in [0.25, 0.3) is 0 Å². The van der Waals surface area contributed by atoms with Gasteiger partial charge in [0.25, 0.3) is 0 Å². The van der Waals surface area contributed by atoms with Crippen LogP contribution in [0.4, 0.5) is 5.82 Å². The van der Waals surface area contributed by atoms with E-state index in [4.69, 9.17) is 4.99 Å². The van der Waals surface area contributed by atoms with Gasteiger partial charge in [0.2, 0.25) is 0 Å². The lowest BCUT2D eigenvalue weighted by molar-refractivity contribution is 0.529. The lowest BCUT2D eigenvalue weighted by Crippen LogP contribution is -2.38. The smallest absolute Gasteiger partial charge is 0.136 e. The Kier molecular flexibility index (Phi) is 4.18. The summed E-state index contributed by atoms with van der Waals surface area (Å²) in [5.74, 6) is 0.877. The molecule has 3 aromatic rings. The summed E-state index contributed by atoms with van der Waals surface area (Å²) in [5.41, 5.74) is 3.33. The first-order valence-corrected chi connectivity index (χ1v) is 9.58. The van der Waals surface area contributed by atoms with Crippen molar-refractivity contribution in [2.75, 3.05) is 12.4 Å². The van der Waals surface area contributed by atoms with Gasteiger partial charge in [0, 0.05) is 16.6 Å². The maximum absolute atomic E-state index is 5.19. The Bertz CT molecular complexity index is 867. The van der Waals surface area contributed by atoms with Gasteiger partial charge in [-0.05, 0) is 54.6 Å². The molecule has 0 fully saturated rings. The van der Waals surface area contributed by atoms with Crippen molar-refractivity contribution in [2.24, 2.45) is 4.99 Å². The van der Waals surface area contributed by atoms with Gasteiger partial charge in [-0.2, -0.15) is 0 Å². The number of hydrogen-bond donors (Lipinski definition) is 2. The molecule has 0 radical (unpaired) electrons. The first-order valence-electron chi connectivity index (χ1n) is 7.83. The number of rotatable bonds is 3. The second-order valence-electron chi connectivity index (χ2n) is 5.68. The Morgan fingerprint density at radius 2 is 2.04 bits per heavy atom. The van der Waals surface area contributed by atoms with E-state index in [1.54, 1.807) is 22.7 Å². The van der Waals surface area contributed by atoms with Gasteiger partial charge >= 0.3 is 0 Å². The highest BCUT2D eigenvalue weighted by molar-refractivity contribution is 7.12. The minimum atomic E-state index is -0.00457. The van der Waals surface area contributed by atoms with Crippen molar-refractivity contribution in [3.05, 3.63) is 68.2 Å². The molecule has 2 unspecified atom stereocenters. The van der Waals surface area contributed by atoms with Crippen molar-refractivity contribution in [3.8, 4) is 0 Å². The SMILES string of the molecule is CNC1Nc2ncccc2C(c2sccc2C)=NC1c1cccs1. The summed E-state index contributed by atoms with van der Waals surface area (Å²) in [5, 5.41) is 11.1. The highest BCUT2D eigenvalue weighted by Gasteiger charge is 2.29. The number of fused-ring (bicyclic) bond motifs is 1. The molecule has 0 amide bonds. The standard InChI is InChI=1S/C18H18N4S2/c1-11-7-10-24-16(11)14-12-5-3-8-20-17(12)22-18(19-2)15(21-14)13-6-4-9-23-13/h3-10,15,18-19H,1-2H3,(H,20,22). The summed E-state index contributed by atoms with van der Waals surface area (Å²) in [6, 6.07) is 10.4. The minimum Gasteiger partial charge on any atom is -0.352 e. The van der Waals surface area contributed by atoms with Crippen molar-refractivity contribution < 1.29 is 0 Å². The first kappa shape index (κ1) is 15.5. The van der Waals surface area contributed by atoms with E-state index in [-0.39, 0.29) is 12.2 Å². The number of nitrogens with one attached hydrogen (secondary N) is 2. The van der Waals surface area contributed by atoms with Gasteiger partial charge in [0.05, 0.1) is 10.6 Å². The zero-order valence-electron chi connectivity index (χ0n) is 13.5. The molecule has 4 heterocycles. The maximum atomic E-state index is 5.19. The highest BCUT2D eigenvalue weighted by atomic mass is 32.1. The van der Waals surface area contributed by atoms with Gasteiger partial charge < -0.3 is 5.32 Å². The molecular weight excluding hydrogens is 336 g/mol. The molecule has 4 rings (SSSR count). The Morgan fingerprint density at radius 3 is 2.75 bits per heavy atom. The largest absolute Gasteiger partial charge is 0.352 e. The third-order valence-electron chi connectivity index (χ3n) is 4.16. The van der Waals surface area contributed by atoms with E-state index < -0.39 is 0 Å². The van der Waals surface area contributed by atoms with Crippen molar-refractivity contribution in [1.82, 2.24) is 10.3 Å². The monoisotopic (exact) mass is 354 g/mol. The topological polar surface area (TPSA) is 49.3 Å². The predicted octanol–water partition coefficient (Wildman–Crippen LogP) is 4.06. The minimum absolute atomic E-state index is 0.000648. The number of aliphatic imine (C=N–C) groups is 1. The highest BCUT2D eigenvalue weighted by Crippen LogP contribution is 2.34. The number of nitrogens with zero attached hydrogens (tertiary/aromatic N) is 2. The number of aromatic nitrogens is 1. The number of hydrogen-bond acceptors (Lipinski definition) is 6. The number of thiophene rings is 2. The fraction of sp³-hybridized carbons (Fsp3) is 0.222. The van der Waals surface area contributed by atoms with E-state index >= 15 is 0 Å². The van der Waals surface area contributed by atoms with Crippen LogP contribution >= 0.6 is 22.7 Å². The molecule has 6 heteroatoms. The Morgan fingerprint density at radius 1 is 1.12 bits per heavy atom. The number of aryl methyl sites for hydroxylation is 1. The molecule has 0 saturated carbocycles. The molecule has 1 aliphatic rings. The van der Waals surface area contributed by atoms with Crippen LogP contribution in [0.2, 0.25) is 0 Å². The second-order valence-corrected chi connectivity index (χ2v) is 7.58. The molecule has 0 saturated heterocycles. The molecule has 24 heavy (non-hydrogen) atoms. The van der Waals surface area contributed by atoms with E-state index in [0.29, 0.717) is 0 Å². The van der Waals surface area contributed by atoms with Crippen molar-refractivity contribution >= 4 is 34.2 Å². The lowest BCUT2D eigenvalue weighted by Gasteiger charge is -2.23. The molecule has 0 aromatic carbocycles. The van der Waals surface area contributed by atoms with Gasteiger partial charge in [0.1, 0.15) is 18.0 Å². The zero-order valence-corrected chi connectivity index (χ0v) is 15.1. The fourth-order valence-corrected chi connectivity index (χ4v) is 4.67. The van der Waals surface area contributed by atoms with Gasteiger partial charge in [0.15, 0.2) is 0 Å². The fourth-order valence-electron chi connectivity index (χ4n) is 2.93. The molecule has 3 aromatic heterocycles. The van der Waals surface area contributed by atoms with Crippen LogP contribution in [0.3, 0.4) is 0 Å². The second kappa shape index (κ2) is 6.47. The van der Waals surface area contributed by atoms with Gasteiger partial charge in [-0.15, -0.1) is 22.7 Å². The Balaban J connectivity index is 1.93. The van der Waals surface area contributed by atoms with Crippen molar-refractivity contribution in [1.29, 1.82) is 0 Å². The number of pyridine rings is 1.